The number of para-hydroxylation sites is 1. The highest BCUT2D eigenvalue weighted by atomic mass is 15.0. The van der Waals surface area contributed by atoms with E-state index >= 15 is 0 Å². The smallest absolute Gasteiger partial charge is 0.108 e. The first-order valence-corrected chi connectivity index (χ1v) is 8.65. The summed E-state index contributed by atoms with van der Waals surface area (Å²) in [5.41, 5.74) is 4.06. The Balaban J connectivity index is 1.67. The highest BCUT2D eigenvalue weighted by molar-refractivity contribution is 6.02. The average Bonchev–Trinajstić information content (AvgIpc) is 2.61. The molecule has 0 unspecified atom stereocenters. The van der Waals surface area contributed by atoms with Crippen LogP contribution in [0.3, 0.4) is 0 Å². The summed E-state index contributed by atoms with van der Waals surface area (Å²) in [6, 6.07) is 12.8. The Morgan fingerprint density at radius 1 is 1.04 bits per heavy atom. The van der Waals surface area contributed by atoms with Gasteiger partial charge in [0.2, 0.25) is 0 Å². The van der Waals surface area contributed by atoms with Crippen molar-refractivity contribution in [3.8, 4) is 0 Å². The van der Waals surface area contributed by atoms with Crippen molar-refractivity contribution in [3.63, 3.8) is 0 Å². The molecule has 1 saturated carbocycles. The molecule has 4 rings (SSSR count). The van der Waals surface area contributed by atoms with E-state index in [1.807, 2.05) is 18.5 Å². The molecule has 1 N–H and O–H groups in total. The second-order valence-electron chi connectivity index (χ2n) is 6.83. The van der Waals surface area contributed by atoms with Gasteiger partial charge in [0.05, 0.1) is 6.54 Å². The number of rotatable bonds is 2. The van der Waals surface area contributed by atoms with Crippen LogP contribution in [0.2, 0.25) is 0 Å². The molecule has 1 fully saturated rings. The molecular formula is C20H23N3. The summed E-state index contributed by atoms with van der Waals surface area (Å²) in [7, 11) is 0. The number of anilines is 1. The minimum absolute atomic E-state index is 0.217. The van der Waals surface area contributed by atoms with Crippen molar-refractivity contribution in [1.29, 1.82) is 0 Å². The molecule has 1 aromatic heterocycles. The monoisotopic (exact) mass is 305 g/mol. The summed E-state index contributed by atoms with van der Waals surface area (Å²) in [6.07, 6.45) is 11.3. The first-order valence-electron chi connectivity index (χ1n) is 8.65. The van der Waals surface area contributed by atoms with Crippen molar-refractivity contribution in [2.45, 2.75) is 45.1 Å². The lowest BCUT2D eigenvalue weighted by Crippen LogP contribution is -2.43. The van der Waals surface area contributed by atoms with Gasteiger partial charge in [0.15, 0.2) is 0 Å². The Kier molecular flexibility index (Phi) is 3.86. The van der Waals surface area contributed by atoms with Crippen LogP contribution in [-0.4, -0.2) is 10.8 Å². The molecule has 2 heterocycles. The van der Waals surface area contributed by atoms with E-state index in [0.29, 0.717) is 6.54 Å². The number of aliphatic imine (C=N–C) groups is 1. The summed E-state index contributed by atoms with van der Waals surface area (Å²) in [5, 5.41) is 3.66. The van der Waals surface area contributed by atoms with Crippen molar-refractivity contribution in [2.75, 3.05) is 5.32 Å². The van der Waals surface area contributed by atoms with Gasteiger partial charge in [-0.15, -0.1) is 0 Å². The van der Waals surface area contributed by atoms with Crippen LogP contribution in [0, 0.1) is 5.41 Å². The topological polar surface area (TPSA) is 37.3 Å². The largest absolute Gasteiger partial charge is 0.343 e. The molecule has 0 radical (unpaired) electrons. The van der Waals surface area contributed by atoms with Gasteiger partial charge in [0.25, 0.3) is 0 Å². The number of benzene rings is 1. The van der Waals surface area contributed by atoms with E-state index in [2.05, 4.69) is 40.6 Å². The van der Waals surface area contributed by atoms with Gasteiger partial charge in [-0.25, -0.2) is 0 Å². The first-order chi connectivity index (χ1) is 11.4. The standard InChI is InChI=1S/C20H23N3/c1-4-10-20(11-5-1)13-17-8-2-3-9-18(17)23-19(20)22-15-16-7-6-12-21-14-16/h2-3,6-9,12,14H,1,4-5,10-11,13,15H2,(H,22,23). The maximum absolute atomic E-state index is 4.99. The zero-order chi connectivity index (χ0) is 15.5. The van der Waals surface area contributed by atoms with Crippen molar-refractivity contribution in [2.24, 2.45) is 10.4 Å². The van der Waals surface area contributed by atoms with E-state index in [-0.39, 0.29) is 5.41 Å². The molecule has 1 aromatic carbocycles. The molecule has 2 aliphatic rings. The van der Waals surface area contributed by atoms with Crippen molar-refractivity contribution in [3.05, 3.63) is 59.9 Å². The summed E-state index contributed by atoms with van der Waals surface area (Å²) in [4.78, 5) is 9.19. The van der Waals surface area contributed by atoms with Gasteiger partial charge in [-0.1, -0.05) is 43.5 Å². The van der Waals surface area contributed by atoms with Crippen LogP contribution in [0.5, 0.6) is 0 Å². The predicted molar refractivity (Wildman–Crippen MR) is 94.7 cm³/mol. The van der Waals surface area contributed by atoms with Crippen LogP contribution in [0.1, 0.15) is 43.2 Å². The average molecular weight is 305 g/mol. The molecule has 3 nitrogen and oxygen atoms in total. The normalized spacial score (nSPS) is 21.0. The van der Waals surface area contributed by atoms with Crippen LogP contribution in [0.25, 0.3) is 0 Å². The van der Waals surface area contributed by atoms with Crippen LogP contribution in [0.4, 0.5) is 5.69 Å². The Morgan fingerprint density at radius 3 is 2.74 bits per heavy atom. The minimum atomic E-state index is 0.217. The molecular weight excluding hydrogens is 282 g/mol. The van der Waals surface area contributed by atoms with Gasteiger partial charge in [-0.05, 0) is 42.5 Å². The molecule has 23 heavy (non-hydrogen) atoms. The lowest BCUT2D eigenvalue weighted by Gasteiger charge is -2.42. The Bertz CT molecular complexity index is 700. The van der Waals surface area contributed by atoms with Crippen LogP contribution < -0.4 is 5.32 Å². The molecule has 0 bridgehead atoms. The van der Waals surface area contributed by atoms with E-state index in [1.54, 1.807) is 0 Å². The maximum atomic E-state index is 4.99. The second kappa shape index (κ2) is 6.15. The molecule has 2 aromatic rings. The number of fused-ring (bicyclic) bond motifs is 1. The molecule has 0 atom stereocenters. The van der Waals surface area contributed by atoms with Crippen LogP contribution >= 0.6 is 0 Å². The van der Waals surface area contributed by atoms with Crippen LogP contribution in [0.15, 0.2) is 53.8 Å². The van der Waals surface area contributed by atoms with Crippen molar-refractivity contribution < 1.29 is 0 Å². The van der Waals surface area contributed by atoms with E-state index < -0.39 is 0 Å². The number of aromatic nitrogens is 1. The lowest BCUT2D eigenvalue weighted by atomic mass is 9.67. The molecule has 3 heteroatoms. The lowest BCUT2D eigenvalue weighted by molar-refractivity contribution is 0.278. The summed E-state index contributed by atoms with van der Waals surface area (Å²) < 4.78 is 0. The van der Waals surface area contributed by atoms with Gasteiger partial charge in [-0.2, -0.15) is 0 Å². The SMILES string of the molecule is c1cncc(CN=C2Nc3ccccc3CC23CCCCC3)c1. The number of pyridine rings is 1. The summed E-state index contributed by atoms with van der Waals surface area (Å²) >= 11 is 0. The first kappa shape index (κ1) is 14.4. The highest BCUT2D eigenvalue weighted by Crippen LogP contribution is 2.44. The Hall–Kier alpha value is -2.16. The summed E-state index contributed by atoms with van der Waals surface area (Å²) in [6.45, 7) is 0.708. The maximum Gasteiger partial charge on any atom is 0.108 e. The zero-order valence-electron chi connectivity index (χ0n) is 13.5. The third-order valence-corrected chi connectivity index (χ3v) is 5.25. The fourth-order valence-electron chi connectivity index (χ4n) is 4.02. The van der Waals surface area contributed by atoms with Crippen LogP contribution in [-0.2, 0) is 13.0 Å². The minimum Gasteiger partial charge on any atom is -0.343 e. The van der Waals surface area contributed by atoms with E-state index in [1.165, 1.54) is 54.8 Å². The Morgan fingerprint density at radius 2 is 1.91 bits per heavy atom. The van der Waals surface area contributed by atoms with Crippen molar-refractivity contribution in [1.82, 2.24) is 4.98 Å². The number of nitrogens with zero attached hydrogens (tertiary/aromatic N) is 2. The summed E-state index contributed by atoms with van der Waals surface area (Å²) in [5.74, 6) is 1.19. The van der Waals surface area contributed by atoms with E-state index in [0.717, 1.165) is 6.42 Å². The molecule has 1 aliphatic heterocycles. The number of amidine groups is 1. The fourth-order valence-corrected chi connectivity index (χ4v) is 4.02. The van der Waals surface area contributed by atoms with E-state index in [4.69, 9.17) is 4.99 Å². The molecule has 1 spiro atoms. The predicted octanol–water partition coefficient (Wildman–Crippen LogP) is 4.60. The molecule has 0 amide bonds. The molecule has 0 saturated heterocycles. The molecule has 1 aliphatic carbocycles. The zero-order valence-corrected chi connectivity index (χ0v) is 13.5. The van der Waals surface area contributed by atoms with E-state index in [9.17, 15) is 0 Å². The van der Waals surface area contributed by atoms with Gasteiger partial charge in [0.1, 0.15) is 5.84 Å². The number of nitrogens with one attached hydrogen (secondary N) is 1. The van der Waals surface area contributed by atoms with Gasteiger partial charge < -0.3 is 5.32 Å². The van der Waals surface area contributed by atoms with Crippen molar-refractivity contribution >= 4 is 11.5 Å². The second-order valence-corrected chi connectivity index (χ2v) is 6.83. The Labute approximate surface area is 137 Å². The number of hydrogen-bond acceptors (Lipinski definition) is 2. The van der Waals surface area contributed by atoms with Gasteiger partial charge in [0, 0.05) is 23.5 Å². The fraction of sp³-hybridized carbons (Fsp3) is 0.400. The quantitative estimate of drug-likeness (QED) is 0.880. The number of hydrogen-bond donors (Lipinski definition) is 1. The third kappa shape index (κ3) is 2.88. The highest BCUT2D eigenvalue weighted by Gasteiger charge is 2.40. The van der Waals surface area contributed by atoms with Gasteiger partial charge in [-0.3, -0.25) is 9.98 Å². The molecule has 118 valence electrons. The van der Waals surface area contributed by atoms with Gasteiger partial charge >= 0.3 is 0 Å². The third-order valence-electron chi connectivity index (χ3n) is 5.25.